The third kappa shape index (κ3) is 4.98. The topological polar surface area (TPSA) is 119 Å². The van der Waals surface area contributed by atoms with E-state index < -0.39 is 11.9 Å². The highest BCUT2D eigenvalue weighted by atomic mass is 16.5. The lowest BCUT2D eigenvalue weighted by atomic mass is 9.81. The molecule has 23 heavy (non-hydrogen) atoms. The molecule has 0 heterocycles. The maximum Gasteiger partial charge on any atom is 0.306 e. The maximum absolute atomic E-state index is 12.2. The van der Waals surface area contributed by atoms with Gasteiger partial charge in [0.2, 0.25) is 5.91 Å². The van der Waals surface area contributed by atoms with Crippen molar-refractivity contribution in [2.45, 2.75) is 25.7 Å². The van der Waals surface area contributed by atoms with Crippen molar-refractivity contribution in [2.24, 2.45) is 17.6 Å². The molecule has 2 rings (SSSR count). The quantitative estimate of drug-likeness (QED) is 0.731. The third-order valence-corrected chi connectivity index (χ3v) is 3.95. The van der Waals surface area contributed by atoms with Crippen LogP contribution in [-0.4, -0.2) is 29.5 Å². The van der Waals surface area contributed by atoms with Crippen LogP contribution in [0, 0.1) is 11.8 Å². The highest BCUT2D eigenvalue weighted by Crippen LogP contribution is 2.30. The molecule has 7 nitrogen and oxygen atoms in total. The van der Waals surface area contributed by atoms with Crippen molar-refractivity contribution in [3.63, 3.8) is 0 Å². The molecule has 1 aromatic rings. The molecule has 1 saturated carbocycles. The number of nitrogens with one attached hydrogen (secondary N) is 1. The Kier molecular flexibility index (Phi) is 5.56. The summed E-state index contributed by atoms with van der Waals surface area (Å²) < 4.78 is 5.14. The Morgan fingerprint density at radius 1 is 1.09 bits per heavy atom. The van der Waals surface area contributed by atoms with Crippen molar-refractivity contribution in [1.82, 2.24) is 0 Å². The molecule has 1 aromatic carbocycles. The summed E-state index contributed by atoms with van der Waals surface area (Å²) in [4.78, 5) is 33.7. The lowest BCUT2D eigenvalue weighted by Gasteiger charge is -2.25. The van der Waals surface area contributed by atoms with Gasteiger partial charge in [-0.3, -0.25) is 14.4 Å². The van der Waals surface area contributed by atoms with Gasteiger partial charge >= 0.3 is 5.97 Å². The molecular formula is C16H20N2O5. The maximum atomic E-state index is 12.2. The smallest absolute Gasteiger partial charge is 0.306 e. The Morgan fingerprint density at radius 2 is 1.65 bits per heavy atom. The standard InChI is InChI=1S/C16H20N2O5/c17-14(19)9-23-13-7-5-12(6-8-13)18-15(20)10-1-3-11(4-2-10)16(21)22/h5-8,10-11H,1-4,9H2,(H2,17,19)(H,18,20)(H,21,22). The zero-order chi connectivity index (χ0) is 16.8. The molecule has 1 aliphatic rings. The van der Waals surface area contributed by atoms with E-state index in [-0.39, 0.29) is 24.3 Å². The summed E-state index contributed by atoms with van der Waals surface area (Å²) in [6.45, 7) is -0.196. The predicted molar refractivity (Wildman–Crippen MR) is 82.8 cm³/mol. The summed E-state index contributed by atoms with van der Waals surface area (Å²) >= 11 is 0. The normalized spacial score (nSPS) is 20.5. The van der Waals surface area contributed by atoms with Crippen LogP contribution >= 0.6 is 0 Å². The van der Waals surface area contributed by atoms with Crippen LogP contribution in [0.15, 0.2) is 24.3 Å². The van der Waals surface area contributed by atoms with Crippen LogP contribution in [0.4, 0.5) is 5.69 Å². The number of carboxylic acid groups (broad SMARTS) is 1. The molecule has 0 radical (unpaired) electrons. The van der Waals surface area contributed by atoms with Crippen LogP contribution in [0.2, 0.25) is 0 Å². The van der Waals surface area contributed by atoms with Gasteiger partial charge in [-0.1, -0.05) is 0 Å². The zero-order valence-corrected chi connectivity index (χ0v) is 12.7. The average Bonchev–Trinajstić information content (AvgIpc) is 2.54. The lowest BCUT2D eigenvalue weighted by molar-refractivity contribution is -0.143. The molecule has 0 saturated heterocycles. The number of hydrogen-bond acceptors (Lipinski definition) is 4. The van der Waals surface area contributed by atoms with Crippen molar-refractivity contribution in [2.75, 3.05) is 11.9 Å². The Labute approximate surface area is 133 Å². The first-order valence-electron chi connectivity index (χ1n) is 7.50. The second-order valence-electron chi connectivity index (χ2n) is 5.66. The van der Waals surface area contributed by atoms with Crippen molar-refractivity contribution < 1.29 is 24.2 Å². The largest absolute Gasteiger partial charge is 0.484 e. The van der Waals surface area contributed by atoms with Gasteiger partial charge in [-0.05, 0) is 49.9 Å². The zero-order valence-electron chi connectivity index (χ0n) is 12.7. The van der Waals surface area contributed by atoms with E-state index >= 15 is 0 Å². The Balaban J connectivity index is 1.83. The van der Waals surface area contributed by atoms with E-state index in [1.54, 1.807) is 24.3 Å². The first kappa shape index (κ1) is 16.8. The minimum absolute atomic E-state index is 0.0976. The molecule has 1 aliphatic carbocycles. The molecule has 7 heteroatoms. The number of hydrogen-bond donors (Lipinski definition) is 3. The average molecular weight is 320 g/mol. The van der Waals surface area contributed by atoms with E-state index in [1.807, 2.05) is 0 Å². The third-order valence-electron chi connectivity index (χ3n) is 3.95. The van der Waals surface area contributed by atoms with E-state index in [0.717, 1.165) is 0 Å². The summed E-state index contributed by atoms with van der Waals surface area (Å²) in [5, 5.41) is 11.8. The number of carboxylic acids is 1. The molecule has 124 valence electrons. The van der Waals surface area contributed by atoms with Crippen molar-refractivity contribution >= 4 is 23.5 Å². The van der Waals surface area contributed by atoms with E-state index in [4.69, 9.17) is 15.6 Å². The van der Waals surface area contributed by atoms with E-state index in [9.17, 15) is 14.4 Å². The van der Waals surface area contributed by atoms with Crippen LogP contribution < -0.4 is 15.8 Å². The number of aliphatic carboxylic acids is 1. The van der Waals surface area contributed by atoms with Crippen LogP contribution in [0.25, 0.3) is 0 Å². The Hall–Kier alpha value is -2.57. The molecule has 4 N–H and O–H groups in total. The van der Waals surface area contributed by atoms with Crippen molar-refractivity contribution in [3.05, 3.63) is 24.3 Å². The summed E-state index contributed by atoms with van der Waals surface area (Å²) in [6.07, 6.45) is 2.24. The number of anilines is 1. The Bertz CT molecular complexity index is 577. The molecule has 0 atom stereocenters. The van der Waals surface area contributed by atoms with Gasteiger partial charge in [0.15, 0.2) is 6.61 Å². The van der Waals surface area contributed by atoms with E-state index in [1.165, 1.54) is 0 Å². The van der Waals surface area contributed by atoms with Gasteiger partial charge < -0.3 is 20.9 Å². The number of benzene rings is 1. The number of rotatable bonds is 6. The molecule has 0 bridgehead atoms. The second kappa shape index (κ2) is 7.62. The number of amides is 2. The fourth-order valence-corrected chi connectivity index (χ4v) is 2.64. The van der Waals surface area contributed by atoms with Crippen LogP contribution in [0.1, 0.15) is 25.7 Å². The molecule has 0 aliphatic heterocycles. The summed E-state index contributed by atoms with van der Waals surface area (Å²) in [7, 11) is 0. The van der Waals surface area contributed by atoms with Gasteiger partial charge in [0.25, 0.3) is 5.91 Å². The predicted octanol–water partition coefficient (Wildman–Crippen LogP) is 1.38. The fourth-order valence-electron chi connectivity index (χ4n) is 2.64. The SMILES string of the molecule is NC(=O)COc1ccc(NC(=O)C2CCC(C(=O)O)CC2)cc1. The van der Waals surface area contributed by atoms with Crippen LogP contribution in [0.5, 0.6) is 5.75 Å². The van der Waals surface area contributed by atoms with Gasteiger partial charge in [-0.15, -0.1) is 0 Å². The Morgan fingerprint density at radius 3 is 2.17 bits per heavy atom. The summed E-state index contributed by atoms with van der Waals surface area (Å²) in [5.74, 6) is -1.43. The number of carbonyl (C=O) groups is 3. The van der Waals surface area contributed by atoms with Gasteiger partial charge in [0.1, 0.15) is 5.75 Å². The van der Waals surface area contributed by atoms with Gasteiger partial charge in [-0.2, -0.15) is 0 Å². The number of carbonyl (C=O) groups excluding carboxylic acids is 2. The number of ether oxygens (including phenoxy) is 1. The summed E-state index contributed by atoms with van der Waals surface area (Å²) in [5.41, 5.74) is 5.62. The van der Waals surface area contributed by atoms with Crippen molar-refractivity contribution in [3.8, 4) is 5.75 Å². The van der Waals surface area contributed by atoms with Gasteiger partial charge in [0.05, 0.1) is 5.92 Å². The molecular weight excluding hydrogens is 300 g/mol. The molecule has 1 fully saturated rings. The fraction of sp³-hybridized carbons (Fsp3) is 0.438. The van der Waals surface area contributed by atoms with E-state index in [0.29, 0.717) is 37.1 Å². The molecule has 0 aromatic heterocycles. The van der Waals surface area contributed by atoms with Gasteiger partial charge in [-0.25, -0.2) is 0 Å². The van der Waals surface area contributed by atoms with Gasteiger partial charge in [0, 0.05) is 11.6 Å². The molecule has 2 amide bonds. The van der Waals surface area contributed by atoms with Crippen molar-refractivity contribution in [1.29, 1.82) is 0 Å². The minimum atomic E-state index is -0.782. The lowest BCUT2D eigenvalue weighted by Crippen LogP contribution is -2.29. The number of nitrogens with two attached hydrogens (primary N) is 1. The van der Waals surface area contributed by atoms with Crippen LogP contribution in [0.3, 0.4) is 0 Å². The first-order valence-corrected chi connectivity index (χ1v) is 7.50. The number of primary amides is 1. The summed E-state index contributed by atoms with van der Waals surface area (Å²) in [6, 6.07) is 6.63. The highest BCUT2D eigenvalue weighted by Gasteiger charge is 2.29. The molecule has 0 spiro atoms. The van der Waals surface area contributed by atoms with E-state index in [2.05, 4.69) is 5.32 Å². The monoisotopic (exact) mass is 320 g/mol. The first-order chi connectivity index (χ1) is 11.0. The second-order valence-corrected chi connectivity index (χ2v) is 5.66. The molecule has 0 unspecified atom stereocenters. The minimum Gasteiger partial charge on any atom is -0.484 e. The highest BCUT2D eigenvalue weighted by molar-refractivity contribution is 5.92. The van der Waals surface area contributed by atoms with Crippen LogP contribution in [-0.2, 0) is 14.4 Å².